The van der Waals surface area contributed by atoms with E-state index < -0.39 is 0 Å². The standard InChI is InChI=1S/C25H30N4O4S/c1-31-21-11-10-18(15-22(21)32-2)24-27-23(33-28-24)17-29-13-6-7-19(16-29)25(30)26-12-14-34-20-8-4-3-5-9-20/h3-5,8-11,15,19H,6-7,12-14,16-17H2,1-2H3,(H,26,30). The Morgan fingerprint density at radius 1 is 1.18 bits per heavy atom. The molecular weight excluding hydrogens is 452 g/mol. The summed E-state index contributed by atoms with van der Waals surface area (Å²) in [6.45, 7) is 2.77. The summed E-state index contributed by atoms with van der Waals surface area (Å²) in [4.78, 5) is 20.7. The van der Waals surface area contributed by atoms with Gasteiger partial charge in [0.2, 0.25) is 17.6 Å². The molecule has 4 rings (SSSR count). The highest BCUT2D eigenvalue weighted by atomic mass is 32.2. The van der Waals surface area contributed by atoms with Crippen LogP contribution in [0.2, 0.25) is 0 Å². The zero-order valence-corrected chi connectivity index (χ0v) is 20.3. The summed E-state index contributed by atoms with van der Waals surface area (Å²) in [5.74, 6) is 3.24. The van der Waals surface area contributed by atoms with Gasteiger partial charge in [0, 0.05) is 29.3 Å². The zero-order valence-electron chi connectivity index (χ0n) is 19.5. The molecule has 180 valence electrons. The topological polar surface area (TPSA) is 89.7 Å². The molecule has 34 heavy (non-hydrogen) atoms. The smallest absolute Gasteiger partial charge is 0.241 e. The van der Waals surface area contributed by atoms with Crippen LogP contribution in [0.1, 0.15) is 18.7 Å². The van der Waals surface area contributed by atoms with Crippen LogP contribution in [0.25, 0.3) is 11.4 Å². The summed E-state index contributed by atoms with van der Waals surface area (Å²) >= 11 is 1.75. The molecule has 2 heterocycles. The molecule has 9 heteroatoms. The van der Waals surface area contributed by atoms with E-state index in [4.69, 9.17) is 14.0 Å². The van der Waals surface area contributed by atoms with Gasteiger partial charge in [-0.25, -0.2) is 0 Å². The van der Waals surface area contributed by atoms with E-state index in [2.05, 4.69) is 32.5 Å². The van der Waals surface area contributed by atoms with E-state index in [9.17, 15) is 4.79 Å². The number of piperidine rings is 1. The van der Waals surface area contributed by atoms with E-state index in [-0.39, 0.29) is 11.8 Å². The normalized spacial score (nSPS) is 16.2. The minimum Gasteiger partial charge on any atom is -0.493 e. The number of benzene rings is 2. The highest BCUT2D eigenvalue weighted by Crippen LogP contribution is 2.31. The fourth-order valence-electron chi connectivity index (χ4n) is 4.02. The number of aromatic nitrogens is 2. The molecule has 1 N–H and O–H groups in total. The number of nitrogens with zero attached hydrogens (tertiary/aromatic N) is 3. The van der Waals surface area contributed by atoms with Crippen molar-refractivity contribution < 1.29 is 18.8 Å². The molecule has 1 aliphatic rings. The Morgan fingerprint density at radius 2 is 2.00 bits per heavy atom. The number of hydrogen-bond donors (Lipinski definition) is 1. The van der Waals surface area contributed by atoms with Crippen molar-refractivity contribution in [1.29, 1.82) is 0 Å². The van der Waals surface area contributed by atoms with Crippen molar-refractivity contribution >= 4 is 17.7 Å². The first-order chi connectivity index (χ1) is 16.7. The number of nitrogens with one attached hydrogen (secondary N) is 1. The van der Waals surface area contributed by atoms with E-state index in [0.29, 0.717) is 42.8 Å². The Kier molecular flexibility index (Phi) is 8.43. The van der Waals surface area contributed by atoms with Crippen LogP contribution in [0.15, 0.2) is 57.9 Å². The molecular formula is C25H30N4O4S. The van der Waals surface area contributed by atoms with Crippen molar-refractivity contribution in [1.82, 2.24) is 20.4 Å². The van der Waals surface area contributed by atoms with Gasteiger partial charge in [0.1, 0.15) is 0 Å². The second-order valence-corrected chi connectivity index (χ2v) is 9.28. The van der Waals surface area contributed by atoms with Crippen molar-refractivity contribution in [3.8, 4) is 22.9 Å². The molecule has 1 atom stereocenters. The summed E-state index contributed by atoms with van der Waals surface area (Å²) in [6, 6.07) is 15.7. The van der Waals surface area contributed by atoms with Crippen molar-refractivity contribution in [2.45, 2.75) is 24.3 Å². The first-order valence-electron chi connectivity index (χ1n) is 11.4. The first kappa shape index (κ1) is 24.1. The van der Waals surface area contributed by atoms with Crippen LogP contribution in [0.3, 0.4) is 0 Å². The molecule has 0 saturated carbocycles. The van der Waals surface area contributed by atoms with Crippen LogP contribution in [-0.4, -0.2) is 60.6 Å². The first-order valence-corrected chi connectivity index (χ1v) is 12.4. The molecule has 1 fully saturated rings. The fraction of sp³-hybridized carbons (Fsp3) is 0.400. The van der Waals surface area contributed by atoms with Gasteiger partial charge in [0.15, 0.2) is 11.5 Å². The number of carbonyl (C=O) groups excluding carboxylic acids is 1. The molecule has 8 nitrogen and oxygen atoms in total. The van der Waals surface area contributed by atoms with Crippen LogP contribution < -0.4 is 14.8 Å². The number of hydrogen-bond acceptors (Lipinski definition) is 8. The third-order valence-electron chi connectivity index (χ3n) is 5.76. The number of ether oxygens (including phenoxy) is 2. The minimum absolute atomic E-state index is 0.0243. The lowest BCUT2D eigenvalue weighted by Gasteiger charge is -2.30. The molecule has 1 saturated heterocycles. The molecule has 0 spiro atoms. The van der Waals surface area contributed by atoms with Crippen LogP contribution in [0.4, 0.5) is 0 Å². The summed E-state index contributed by atoms with van der Waals surface area (Å²) in [6.07, 6.45) is 1.86. The third-order valence-corrected chi connectivity index (χ3v) is 6.77. The summed E-state index contributed by atoms with van der Waals surface area (Å²) in [5.41, 5.74) is 0.789. The maximum Gasteiger partial charge on any atom is 0.241 e. The van der Waals surface area contributed by atoms with E-state index in [1.54, 1.807) is 26.0 Å². The molecule has 0 aliphatic carbocycles. The fourth-order valence-corrected chi connectivity index (χ4v) is 4.81. The van der Waals surface area contributed by atoms with Gasteiger partial charge in [-0.05, 0) is 49.7 Å². The van der Waals surface area contributed by atoms with Crippen LogP contribution >= 0.6 is 11.8 Å². The maximum atomic E-state index is 12.7. The zero-order chi connectivity index (χ0) is 23.8. The number of methoxy groups -OCH3 is 2. The lowest BCUT2D eigenvalue weighted by Crippen LogP contribution is -2.43. The van der Waals surface area contributed by atoms with Gasteiger partial charge in [0.25, 0.3) is 0 Å². The van der Waals surface area contributed by atoms with Crippen molar-refractivity contribution in [3.05, 3.63) is 54.4 Å². The lowest BCUT2D eigenvalue weighted by atomic mass is 9.97. The minimum atomic E-state index is -0.0243. The van der Waals surface area contributed by atoms with Gasteiger partial charge in [-0.1, -0.05) is 23.4 Å². The highest BCUT2D eigenvalue weighted by Gasteiger charge is 2.26. The lowest BCUT2D eigenvalue weighted by molar-refractivity contribution is -0.126. The predicted octanol–water partition coefficient (Wildman–Crippen LogP) is 3.87. The number of likely N-dealkylation sites (tertiary alicyclic amines) is 1. The van der Waals surface area contributed by atoms with Gasteiger partial charge >= 0.3 is 0 Å². The molecule has 1 unspecified atom stereocenters. The Balaban J connectivity index is 1.27. The Labute approximate surface area is 204 Å². The SMILES string of the molecule is COc1ccc(-c2noc(CN3CCCC(C(=O)NCCSc4ccccc4)C3)n2)cc1OC. The van der Waals surface area contributed by atoms with Gasteiger partial charge in [-0.15, -0.1) is 11.8 Å². The van der Waals surface area contributed by atoms with E-state index in [1.165, 1.54) is 4.90 Å². The molecule has 3 aromatic rings. The summed E-state index contributed by atoms with van der Waals surface area (Å²) < 4.78 is 16.1. The second kappa shape index (κ2) is 11.9. The van der Waals surface area contributed by atoms with Crippen LogP contribution in [-0.2, 0) is 11.3 Å². The summed E-state index contributed by atoms with van der Waals surface area (Å²) in [5, 5.41) is 7.21. The summed E-state index contributed by atoms with van der Waals surface area (Å²) in [7, 11) is 3.19. The van der Waals surface area contributed by atoms with Crippen LogP contribution in [0, 0.1) is 5.92 Å². The highest BCUT2D eigenvalue weighted by molar-refractivity contribution is 7.99. The molecule has 1 aromatic heterocycles. The quantitative estimate of drug-likeness (QED) is 0.344. The largest absolute Gasteiger partial charge is 0.493 e. The average molecular weight is 483 g/mol. The van der Waals surface area contributed by atoms with Gasteiger partial charge in [0.05, 0.1) is 26.7 Å². The van der Waals surface area contributed by atoms with E-state index >= 15 is 0 Å². The van der Waals surface area contributed by atoms with Crippen molar-refractivity contribution in [2.75, 3.05) is 39.6 Å². The molecule has 1 amide bonds. The number of thioether (sulfide) groups is 1. The monoisotopic (exact) mass is 482 g/mol. The van der Waals surface area contributed by atoms with Crippen molar-refractivity contribution in [2.24, 2.45) is 5.92 Å². The molecule has 2 aromatic carbocycles. The van der Waals surface area contributed by atoms with E-state index in [0.717, 1.165) is 30.7 Å². The molecule has 0 bridgehead atoms. The third kappa shape index (κ3) is 6.30. The van der Waals surface area contributed by atoms with Crippen molar-refractivity contribution in [3.63, 3.8) is 0 Å². The average Bonchev–Trinajstić information content (AvgIpc) is 3.35. The van der Waals surface area contributed by atoms with Crippen LogP contribution in [0.5, 0.6) is 11.5 Å². The molecule has 0 radical (unpaired) electrons. The van der Waals surface area contributed by atoms with Gasteiger partial charge < -0.3 is 19.3 Å². The Bertz CT molecular complexity index is 1080. The predicted molar refractivity (Wildman–Crippen MR) is 131 cm³/mol. The number of carbonyl (C=O) groups is 1. The molecule has 1 aliphatic heterocycles. The Hall–Kier alpha value is -3.04. The Morgan fingerprint density at radius 3 is 2.79 bits per heavy atom. The maximum absolute atomic E-state index is 12.7. The number of amides is 1. The number of rotatable bonds is 10. The van der Waals surface area contributed by atoms with E-state index in [1.807, 2.05) is 36.4 Å². The van der Waals surface area contributed by atoms with Gasteiger partial charge in [-0.3, -0.25) is 9.69 Å². The second-order valence-electron chi connectivity index (χ2n) is 8.11. The van der Waals surface area contributed by atoms with Gasteiger partial charge in [-0.2, -0.15) is 4.98 Å².